The van der Waals surface area contributed by atoms with Crippen LogP contribution in [0.15, 0.2) is 12.4 Å². The van der Waals surface area contributed by atoms with E-state index in [1.807, 2.05) is 13.2 Å². The molecule has 1 aliphatic heterocycles. The van der Waals surface area contributed by atoms with Crippen LogP contribution in [0, 0.1) is 5.92 Å². The Kier molecular flexibility index (Phi) is 2.84. The van der Waals surface area contributed by atoms with E-state index in [4.69, 9.17) is 0 Å². The molecule has 0 spiro atoms. The minimum atomic E-state index is -0.342. The first-order valence-corrected chi connectivity index (χ1v) is 5.14. The van der Waals surface area contributed by atoms with Crippen LogP contribution in [-0.2, 0) is 7.05 Å². The van der Waals surface area contributed by atoms with Crippen molar-refractivity contribution in [1.29, 1.82) is 0 Å². The number of nitrogens with one attached hydrogen (secondary N) is 1. The molecule has 0 aromatic carbocycles. The second kappa shape index (κ2) is 4.11. The molecule has 0 aliphatic carbocycles. The fraction of sp³-hybridized carbons (Fsp3) is 0.700. The van der Waals surface area contributed by atoms with Crippen LogP contribution < -0.4 is 5.32 Å². The number of rotatable bonds is 2. The van der Waals surface area contributed by atoms with Gasteiger partial charge in [0, 0.05) is 18.8 Å². The van der Waals surface area contributed by atoms with Gasteiger partial charge in [0.2, 0.25) is 0 Å². The summed E-state index contributed by atoms with van der Waals surface area (Å²) in [7, 11) is 1.87. The molecule has 0 saturated carbocycles. The summed E-state index contributed by atoms with van der Waals surface area (Å²) in [4.78, 5) is 0. The lowest BCUT2D eigenvalue weighted by atomic mass is 9.89. The smallest absolute Gasteiger partial charge is 0.0849 e. The third-order valence-corrected chi connectivity index (χ3v) is 2.90. The molecule has 0 bridgehead atoms. The number of piperidine rings is 1. The quantitative estimate of drug-likeness (QED) is 0.720. The van der Waals surface area contributed by atoms with Crippen LogP contribution in [0.3, 0.4) is 0 Å². The molecule has 2 heterocycles. The molecule has 1 aliphatic rings. The number of aliphatic hydroxyl groups excluding tert-OH is 1. The molecule has 4 heteroatoms. The van der Waals surface area contributed by atoms with E-state index in [1.54, 1.807) is 10.9 Å². The maximum atomic E-state index is 10.1. The van der Waals surface area contributed by atoms with Gasteiger partial charge in [-0.05, 0) is 31.8 Å². The van der Waals surface area contributed by atoms with Crippen molar-refractivity contribution in [3.8, 4) is 0 Å². The Bertz CT molecular complexity index is 291. The number of aliphatic hydroxyl groups is 1. The zero-order valence-corrected chi connectivity index (χ0v) is 8.48. The third-order valence-electron chi connectivity index (χ3n) is 2.90. The average molecular weight is 195 g/mol. The Balaban J connectivity index is 2.03. The van der Waals surface area contributed by atoms with Gasteiger partial charge in [-0.1, -0.05) is 0 Å². The number of aryl methyl sites for hydroxylation is 1. The largest absolute Gasteiger partial charge is 0.388 e. The lowest BCUT2D eigenvalue weighted by Gasteiger charge is -2.26. The van der Waals surface area contributed by atoms with Crippen molar-refractivity contribution in [2.75, 3.05) is 13.1 Å². The molecule has 0 amide bonds. The standard InChI is InChI=1S/C10H17N3O/c1-13-7-9(6-12-13)10(14)8-2-4-11-5-3-8/h6-8,10-11,14H,2-5H2,1H3. The molecule has 1 fully saturated rings. The molecule has 2 N–H and O–H groups in total. The molecule has 1 atom stereocenters. The van der Waals surface area contributed by atoms with Crippen LogP contribution in [0.2, 0.25) is 0 Å². The fourth-order valence-electron chi connectivity index (χ4n) is 2.03. The first-order valence-electron chi connectivity index (χ1n) is 5.14. The number of hydrogen-bond acceptors (Lipinski definition) is 3. The van der Waals surface area contributed by atoms with Crippen molar-refractivity contribution in [1.82, 2.24) is 15.1 Å². The van der Waals surface area contributed by atoms with E-state index in [-0.39, 0.29) is 6.10 Å². The summed E-state index contributed by atoms with van der Waals surface area (Å²) in [6, 6.07) is 0. The second-order valence-electron chi connectivity index (χ2n) is 3.98. The first-order chi connectivity index (χ1) is 6.77. The molecular formula is C10H17N3O. The van der Waals surface area contributed by atoms with Crippen LogP contribution in [0.4, 0.5) is 0 Å². The maximum absolute atomic E-state index is 10.1. The molecule has 1 saturated heterocycles. The van der Waals surface area contributed by atoms with Crippen molar-refractivity contribution >= 4 is 0 Å². The summed E-state index contributed by atoms with van der Waals surface area (Å²) in [6.07, 6.45) is 5.41. The van der Waals surface area contributed by atoms with E-state index in [1.165, 1.54) is 0 Å². The highest BCUT2D eigenvalue weighted by Crippen LogP contribution is 2.27. The van der Waals surface area contributed by atoms with Gasteiger partial charge in [0.15, 0.2) is 0 Å². The van der Waals surface area contributed by atoms with Gasteiger partial charge in [-0.2, -0.15) is 5.10 Å². The van der Waals surface area contributed by atoms with Crippen molar-refractivity contribution < 1.29 is 5.11 Å². The van der Waals surface area contributed by atoms with Crippen LogP contribution in [0.5, 0.6) is 0 Å². The topological polar surface area (TPSA) is 50.1 Å². The van der Waals surface area contributed by atoms with E-state index in [0.29, 0.717) is 5.92 Å². The van der Waals surface area contributed by atoms with Crippen LogP contribution >= 0.6 is 0 Å². The second-order valence-corrected chi connectivity index (χ2v) is 3.98. The van der Waals surface area contributed by atoms with Gasteiger partial charge in [0.1, 0.15) is 0 Å². The van der Waals surface area contributed by atoms with Crippen molar-refractivity contribution in [2.45, 2.75) is 18.9 Å². The lowest BCUT2D eigenvalue weighted by Crippen LogP contribution is -2.30. The molecule has 1 aromatic heterocycles. The molecule has 0 radical (unpaired) electrons. The molecule has 1 unspecified atom stereocenters. The summed E-state index contributed by atoms with van der Waals surface area (Å²) < 4.78 is 1.74. The highest BCUT2D eigenvalue weighted by molar-refractivity contribution is 5.09. The minimum Gasteiger partial charge on any atom is -0.388 e. The Morgan fingerprint density at radius 2 is 2.29 bits per heavy atom. The van der Waals surface area contributed by atoms with E-state index < -0.39 is 0 Å². The van der Waals surface area contributed by atoms with Gasteiger partial charge in [-0.25, -0.2) is 0 Å². The maximum Gasteiger partial charge on any atom is 0.0849 e. The van der Waals surface area contributed by atoms with Gasteiger partial charge >= 0.3 is 0 Å². The van der Waals surface area contributed by atoms with Crippen LogP contribution in [0.1, 0.15) is 24.5 Å². The first kappa shape index (κ1) is 9.68. The zero-order chi connectivity index (χ0) is 9.97. The monoisotopic (exact) mass is 195 g/mol. The normalized spacial score (nSPS) is 21.0. The predicted octanol–water partition coefficient (Wildman–Crippen LogP) is 0.453. The number of nitrogens with zero attached hydrogens (tertiary/aromatic N) is 2. The Hall–Kier alpha value is -0.870. The molecular weight excluding hydrogens is 178 g/mol. The third kappa shape index (κ3) is 1.96. The highest BCUT2D eigenvalue weighted by atomic mass is 16.3. The fourth-order valence-corrected chi connectivity index (χ4v) is 2.03. The Labute approximate surface area is 83.9 Å². The SMILES string of the molecule is Cn1cc(C(O)C2CCNCC2)cn1. The summed E-state index contributed by atoms with van der Waals surface area (Å²) in [5.74, 6) is 0.389. The summed E-state index contributed by atoms with van der Waals surface area (Å²) >= 11 is 0. The molecule has 4 nitrogen and oxygen atoms in total. The van der Waals surface area contributed by atoms with Gasteiger partial charge in [0.05, 0.1) is 12.3 Å². The van der Waals surface area contributed by atoms with Crippen molar-refractivity contribution in [3.63, 3.8) is 0 Å². The van der Waals surface area contributed by atoms with Gasteiger partial charge < -0.3 is 10.4 Å². The van der Waals surface area contributed by atoms with Gasteiger partial charge in [0.25, 0.3) is 0 Å². The minimum absolute atomic E-state index is 0.342. The molecule has 1 aromatic rings. The van der Waals surface area contributed by atoms with E-state index in [9.17, 15) is 5.11 Å². The van der Waals surface area contributed by atoms with E-state index >= 15 is 0 Å². The van der Waals surface area contributed by atoms with Gasteiger partial charge in [-0.3, -0.25) is 4.68 Å². The summed E-state index contributed by atoms with van der Waals surface area (Å²) in [5.41, 5.74) is 0.944. The molecule has 2 rings (SSSR count). The summed E-state index contributed by atoms with van der Waals surface area (Å²) in [6.45, 7) is 2.03. The van der Waals surface area contributed by atoms with E-state index in [2.05, 4.69) is 10.4 Å². The number of aromatic nitrogens is 2. The molecule has 14 heavy (non-hydrogen) atoms. The summed E-state index contributed by atoms with van der Waals surface area (Å²) in [5, 5.41) is 17.4. The zero-order valence-electron chi connectivity index (χ0n) is 8.48. The number of hydrogen-bond donors (Lipinski definition) is 2. The van der Waals surface area contributed by atoms with Gasteiger partial charge in [-0.15, -0.1) is 0 Å². The molecule has 78 valence electrons. The Morgan fingerprint density at radius 1 is 1.57 bits per heavy atom. The van der Waals surface area contributed by atoms with Crippen molar-refractivity contribution in [2.24, 2.45) is 13.0 Å². The van der Waals surface area contributed by atoms with Crippen LogP contribution in [0.25, 0.3) is 0 Å². The predicted molar refractivity (Wildman–Crippen MR) is 53.8 cm³/mol. The lowest BCUT2D eigenvalue weighted by molar-refractivity contribution is 0.0889. The van der Waals surface area contributed by atoms with Crippen molar-refractivity contribution in [3.05, 3.63) is 18.0 Å². The highest BCUT2D eigenvalue weighted by Gasteiger charge is 2.23. The van der Waals surface area contributed by atoms with Crippen LogP contribution in [-0.4, -0.2) is 28.0 Å². The average Bonchev–Trinajstić information content (AvgIpc) is 2.65. The Morgan fingerprint density at radius 3 is 2.86 bits per heavy atom. The van der Waals surface area contributed by atoms with E-state index in [0.717, 1.165) is 31.5 Å².